The van der Waals surface area contributed by atoms with E-state index >= 15 is 0 Å². The predicted octanol–water partition coefficient (Wildman–Crippen LogP) is 2.16. The van der Waals surface area contributed by atoms with Crippen LogP contribution >= 0.6 is 11.3 Å². The van der Waals surface area contributed by atoms with Gasteiger partial charge >= 0.3 is 0 Å². The Bertz CT molecular complexity index is 426. The van der Waals surface area contributed by atoms with Crippen LogP contribution in [0, 0.1) is 0 Å². The zero-order valence-corrected chi connectivity index (χ0v) is 12.4. The average Bonchev–Trinajstić information content (AvgIpc) is 2.76. The highest BCUT2D eigenvalue weighted by molar-refractivity contribution is 7.86. The second-order valence-corrected chi connectivity index (χ2v) is 7.14. The third-order valence-electron chi connectivity index (χ3n) is 2.68. The summed E-state index contributed by atoms with van der Waals surface area (Å²) in [6.07, 6.45) is 0. The molecule has 0 spiro atoms. The van der Waals surface area contributed by atoms with Crippen molar-refractivity contribution in [2.24, 2.45) is 0 Å². The lowest BCUT2D eigenvalue weighted by Crippen LogP contribution is -2.44. The highest BCUT2D eigenvalue weighted by atomic mass is 32.2. The molecular weight excluding hydrogens is 256 g/mol. The first-order valence-corrected chi connectivity index (χ1v) is 7.92. The average molecular weight is 276 g/mol. The van der Waals surface area contributed by atoms with E-state index in [1.54, 1.807) is 18.4 Å². The van der Waals surface area contributed by atoms with Crippen LogP contribution in [-0.4, -0.2) is 36.7 Å². The Morgan fingerprint density at radius 3 is 2.47 bits per heavy atom. The molecule has 0 unspecified atom stereocenters. The van der Waals surface area contributed by atoms with Crippen LogP contribution in [0.25, 0.3) is 0 Å². The molecule has 1 aromatic heterocycles. The summed E-state index contributed by atoms with van der Waals surface area (Å²) in [4.78, 5) is 1.06. The van der Waals surface area contributed by atoms with E-state index in [4.69, 9.17) is 0 Å². The first kappa shape index (κ1) is 14.6. The van der Waals surface area contributed by atoms with Crippen molar-refractivity contribution >= 4 is 21.5 Å². The Morgan fingerprint density at radius 1 is 1.41 bits per heavy atom. The summed E-state index contributed by atoms with van der Waals surface area (Å²) < 4.78 is 27.5. The first-order chi connectivity index (χ1) is 7.89. The molecule has 0 fully saturated rings. The van der Waals surface area contributed by atoms with Crippen LogP contribution in [0.2, 0.25) is 0 Å². The Balaban J connectivity index is 2.86. The van der Waals surface area contributed by atoms with E-state index in [1.165, 1.54) is 8.61 Å². The zero-order chi connectivity index (χ0) is 13.1. The normalized spacial score (nSPS) is 12.9. The van der Waals surface area contributed by atoms with Gasteiger partial charge in [-0.15, -0.1) is 11.3 Å². The van der Waals surface area contributed by atoms with Gasteiger partial charge in [0.15, 0.2) is 0 Å². The van der Waals surface area contributed by atoms with Gasteiger partial charge in [0.05, 0.1) is 0 Å². The van der Waals surface area contributed by atoms with Crippen molar-refractivity contribution in [3.63, 3.8) is 0 Å². The zero-order valence-electron chi connectivity index (χ0n) is 10.8. The van der Waals surface area contributed by atoms with Crippen molar-refractivity contribution in [2.75, 3.05) is 13.6 Å². The van der Waals surface area contributed by atoms with Gasteiger partial charge in [-0.05, 0) is 25.3 Å². The topological polar surface area (TPSA) is 40.6 Å². The Labute approximate surface area is 108 Å². The quantitative estimate of drug-likeness (QED) is 0.799. The van der Waals surface area contributed by atoms with E-state index < -0.39 is 10.2 Å². The summed E-state index contributed by atoms with van der Waals surface area (Å²) in [7, 11) is -1.73. The maximum atomic E-state index is 12.3. The molecule has 1 rings (SSSR count). The lowest BCUT2D eigenvalue weighted by molar-refractivity contribution is 0.339. The van der Waals surface area contributed by atoms with Gasteiger partial charge in [0.1, 0.15) is 0 Å². The van der Waals surface area contributed by atoms with Crippen molar-refractivity contribution in [3.8, 4) is 0 Å². The molecule has 6 heteroatoms. The van der Waals surface area contributed by atoms with Gasteiger partial charge < -0.3 is 0 Å². The molecule has 4 nitrogen and oxygen atoms in total. The molecule has 0 saturated heterocycles. The highest BCUT2D eigenvalue weighted by Crippen LogP contribution is 2.17. The molecule has 0 aromatic carbocycles. The van der Waals surface area contributed by atoms with Crippen LogP contribution in [0.1, 0.15) is 25.6 Å². The summed E-state index contributed by atoms with van der Waals surface area (Å²) >= 11 is 1.58. The molecule has 0 radical (unpaired) electrons. The molecule has 17 heavy (non-hydrogen) atoms. The summed E-state index contributed by atoms with van der Waals surface area (Å²) in [5.41, 5.74) is 0. The Hall–Kier alpha value is -0.430. The summed E-state index contributed by atoms with van der Waals surface area (Å²) in [6.45, 7) is 6.54. The summed E-state index contributed by atoms with van der Waals surface area (Å²) in [6, 6.07) is 3.86. The molecule has 1 heterocycles. The largest absolute Gasteiger partial charge is 0.282 e. The van der Waals surface area contributed by atoms with Crippen LogP contribution in [0.3, 0.4) is 0 Å². The van der Waals surface area contributed by atoms with Crippen LogP contribution in [-0.2, 0) is 16.8 Å². The van der Waals surface area contributed by atoms with E-state index in [1.807, 2.05) is 38.3 Å². The number of nitrogens with zero attached hydrogens (tertiary/aromatic N) is 2. The van der Waals surface area contributed by atoms with Gasteiger partial charge in [-0.1, -0.05) is 13.0 Å². The number of thiophene rings is 1. The molecule has 0 amide bonds. The molecule has 98 valence electrons. The van der Waals surface area contributed by atoms with Crippen molar-refractivity contribution in [1.29, 1.82) is 0 Å². The molecule has 0 bridgehead atoms. The molecule has 0 N–H and O–H groups in total. The standard InChI is InChI=1S/C11H20N2O2S2/c1-5-13(9-11-7-6-8-16-11)17(14,15)12(4)10(2)3/h6-8,10H,5,9H2,1-4H3. The van der Waals surface area contributed by atoms with E-state index in [9.17, 15) is 8.42 Å². The number of rotatable bonds is 6. The van der Waals surface area contributed by atoms with Crippen molar-refractivity contribution in [1.82, 2.24) is 8.61 Å². The van der Waals surface area contributed by atoms with Crippen molar-refractivity contribution in [2.45, 2.75) is 33.4 Å². The van der Waals surface area contributed by atoms with Gasteiger partial charge in [0, 0.05) is 31.1 Å². The Kier molecular flexibility index (Phi) is 5.12. The van der Waals surface area contributed by atoms with Gasteiger partial charge in [-0.2, -0.15) is 17.0 Å². The van der Waals surface area contributed by atoms with E-state index in [2.05, 4.69) is 0 Å². The van der Waals surface area contributed by atoms with Gasteiger partial charge in [-0.3, -0.25) is 0 Å². The minimum Gasteiger partial charge on any atom is -0.195 e. The predicted molar refractivity (Wildman–Crippen MR) is 72.2 cm³/mol. The first-order valence-electron chi connectivity index (χ1n) is 5.65. The Morgan fingerprint density at radius 2 is 2.06 bits per heavy atom. The van der Waals surface area contributed by atoms with Gasteiger partial charge in [0.2, 0.25) is 0 Å². The van der Waals surface area contributed by atoms with Gasteiger partial charge in [0.25, 0.3) is 10.2 Å². The fourth-order valence-corrected chi connectivity index (χ4v) is 3.71. The third-order valence-corrected chi connectivity index (χ3v) is 5.73. The smallest absolute Gasteiger partial charge is 0.195 e. The fraction of sp³-hybridized carbons (Fsp3) is 0.636. The summed E-state index contributed by atoms with van der Waals surface area (Å²) in [5, 5.41) is 1.96. The number of hydrogen-bond donors (Lipinski definition) is 0. The molecular formula is C11H20N2O2S2. The van der Waals surface area contributed by atoms with Crippen LogP contribution < -0.4 is 0 Å². The van der Waals surface area contributed by atoms with Crippen LogP contribution in [0.15, 0.2) is 17.5 Å². The second kappa shape index (κ2) is 5.95. The minimum absolute atomic E-state index is 0.0302. The van der Waals surface area contributed by atoms with E-state index in [0.29, 0.717) is 13.1 Å². The molecule has 0 aliphatic rings. The van der Waals surface area contributed by atoms with Crippen molar-refractivity contribution < 1.29 is 8.42 Å². The lowest BCUT2D eigenvalue weighted by atomic mass is 10.4. The van der Waals surface area contributed by atoms with Crippen LogP contribution in [0.5, 0.6) is 0 Å². The number of hydrogen-bond acceptors (Lipinski definition) is 3. The molecule has 0 saturated carbocycles. The maximum Gasteiger partial charge on any atom is 0.282 e. The minimum atomic E-state index is -3.35. The SMILES string of the molecule is CCN(Cc1cccs1)S(=O)(=O)N(C)C(C)C. The monoisotopic (exact) mass is 276 g/mol. The molecule has 0 aliphatic carbocycles. The van der Waals surface area contributed by atoms with Gasteiger partial charge in [-0.25, -0.2) is 0 Å². The van der Waals surface area contributed by atoms with E-state index in [-0.39, 0.29) is 6.04 Å². The van der Waals surface area contributed by atoms with E-state index in [0.717, 1.165) is 4.88 Å². The van der Waals surface area contributed by atoms with Crippen molar-refractivity contribution in [3.05, 3.63) is 22.4 Å². The van der Waals surface area contributed by atoms with Crippen LogP contribution in [0.4, 0.5) is 0 Å². The molecule has 0 aliphatic heterocycles. The summed E-state index contributed by atoms with van der Waals surface area (Å²) in [5.74, 6) is 0. The second-order valence-electron chi connectivity index (χ2n) is 4.12. The molecule has 0 atom stereocenters. The third kappa shape index (κ3) is 3.51. The lowest BCUT2D eigenvalue weighted by Gasteiger charge is -2.28. The highest BCUT2D eigenvalue weighted by Gasteiger charge is 2.27. The fourth-order valence-electron chi connectivity index (χ4n) is 1.38. The maximum absolute atomic E-state index is 12.3. The molecule has 1 aromatic rings.